The first kappa shape index (κ1) is 16.3. The Kier molecular flexibility index (Phi) is 4.60. The molecule has 0 amide bonds. The van der Waals surface area contributed by atoms with Gasteiger partial charge < -0.3 is 5.73 Å². The van der Waals surface area contributed by atoms with Crippen LogP contribution in [0.5, 0.6) is 0 Å². The van der Waals surface area contributed by atoms with Crippen LogP contribution in [0, 0.1) is 5.82 Å². The molecule has 0 heterocycles. The lowest BCUT2D eigenvalue weighted by Gasteiger charge is -2.16. The van der Waals surface area contributed by atoms with Crippen LogP contribution in [0.4, 0.5) is 17.6 Å². The second kappa shape index (κ2) is 5.94. The summed E-state index contributed by atoms with van der Waals surface area (Å²) in [7, 11) is 0. The van der Waals surface area contributed by atoms with Gasteiger partial charge in [0.25, 0.3) is 0 Å². The average molecular weight is 383 g/mol. The summed E-state index contributed by atoms with van der Waals surface area (Å²) in [6, 6.07) is 6.70. The first-order valence-electron chi connectivity index (χ1n) is 5.77. The Hall–Kier alpha value is -1.11. The van der Waals surface area contributed by atoms with Crippen LogP contribution in [0.25, 0.3) is 0 Å². The zero-order valence-electron chi connectivity index (χ0n) is 10.4. The van der Waals surface area contributed by atoms with Gasteiger partial charge in [0.15, 0.2) is 0 Å². The number of halogens is 6. The highest BCUT2D eigenvalue weighted by Gasteiger charge is 2.34. The fourth-order valence-electron chi connectivity index (χ4n) is 1.85. The molecule has 0 saturated carbocycles. The van der Waals surface area contributed by atoms with E-state index in [0.717, 1.165) is 12.1 Å². The minimum absolute atomic E-state index is 0.165. The minimum Gasteiger partial charge on any atom is -0.320 e. The Morgan fingerprint density at radius 1 is 1.05 bits per heavy atom. The number of hydrogen-bond donors (Lipinski definition) is 1. The normalized spacial score (nSPS) is 13.3. The summed E-state index contributed by atoms with van der Waals surface area (Å²) in [6.07, 6.45) is -4.76. The van der Waals surface area contributed by atoms with Gasteiger partial charge in [-0.15, -0.1) is 0 Å². The molecule has 0 aliphatic carbocycles. The smallest absolute Gasteiger partial charge is 0.320 e. The first-order valence-corrected chi connectivity index (χ1v) is 6.94. The van der Waals surface area contributed by atoms with Gasteiger partial charge in [-0.05, 0) is 51.3 Å². The van der Waals surface area contributed by atoms with E-state index >= 15 is 0 Å². The molecule has 2 aromatic rings. The van der Waals surface area contributed by atoms with Gasteiger partial charge in [0.1, 0.15) is 5.82 Å². The van der Waals surface area contributed by atoms with Crippen molar-refractivity contribution in [2.24, 2.45) is 5.73 Å². The zero-order valence-corrected chi connectivity index (χ0v) is 12.7. The van der Waals surface area contributed by atoms with Gasteiger partial charge in [-0.1, -0.05) is 23.7 Å². The third kappa shape index (κ3) is 3.56. The summed E-state index contributed by atoms with van der Waals surface area (Å²) >= 11 is 9.07. The van der Waals surface area contributed by atoms with Gasteiger partial charge >= 0.3 is 6.18 Å². The standard InChI is InChI=1S/C14H9BrClF4N/c15-10-6-8(1-3-11(10)16)13(21)7-2-4-12(17)9(5-7)14(18,19)20/h1-6,13H,21H2. The molecule has 21 heavy (non-hydrogen) atoms. The fourth-order valence-corrected chi connectivity index (χ4v) is 2.37. The van der Waals surface area contributed by atoms with Crippen LogP contribution in [-0.4, -0.2) is 0 Å². The van der Waals surface area contributed by atoms with E-state index in [1.165, 1.54) is 6.07 Å². The predicted octanol–water partition coefficient (Wildman–Crippen LogP) is 5.31. The van der Waals surface area contributed by atoms with Gasteiger partial charge in [0.05, 0.1) is 16.6 Å². The largest absolute Gasteiger partial charge is 0.419 e. The number of rotatable bonds is 2. The molecule has 0 radical (unpaired) electrons. The van der Waals surface area contributed by atoms with Crippen molar-refractivity contribution in [1.29, 1.82) is 0 Å². The quantitative estimate of drug-likeness (QED) is 0.700. The molecular weight excluding hydrogens is 374 g/mol. The highest BCUT2D eigenvalue weighted by atomic mass is 79.9. The van der Waals surface area contributed by atoms with Crippen LogP contribution in [0.3, 0.4) is 0 Å². The lowest BCUT2D eigenvalue weighted by Crippen LogP contribution is -2.15. The maximum atomic E-state index is 13.3. The monoisotopic (exact) mass is 381 g/mol. The molecule has 2 N–H and O–H groups in total. The summed E-state index contributed by atoms with van der Waals surface area (Å²) < 4.78 is 52.0. The Bertz CT molecular complexity index is 673. The molecule has 1 unspecified atom stereocenters. The number of nitrogens with two attached hydrogens (primary N) is 1. The molecule has 2 rings (SSSR count). The SMILES string of the molecule is NC(c1ccc(Cl)c(Br)c1)c1ccc(F)c(C(F)(F)F)c1. The molecule has 0 fully saturated rings. The van der Waals surface area contributed by atoms with E-state index in [0.29, 0.717) is 15.1 Å². The topological polar surface area (TPSA) is 26.0 Å². The van der Waals surface area contributed by atoms with E-state index in [2.05, 4.69) is 15.9 Å². The maximum Gasteiger partial charge on any atom is 0.419 e. The summed E-state index contributed by atoms with van der Waals surface area (Å²) in [4.78, 5) is 0. The van der Waals surface area contributed by atoms with Crippen molar-refractivity contribution in [3.8, 4) is 0 Å². The molecule has 0 spiro atoms. The van der Waals surface area contributed by atoms with Crippen LogP contribution in [0.1, 0.15) is 22.7 Å². The van der Waals surface area contributed by atoms with Crippen LogP contribution in [-0.2, 0) is 6.18 Å². The number of alkyl halides is 3. The molecule has 0 bridgehead atoms. The Labute approximate surface area is 131 Å². The van der Waals surface area contributed by atoms with Crippen LogP contribution < -0.4 is 5.73 Å². The van der Waals surface area contributed by atoms with Crippen LogP contribution >= 0.6 is 27.5 Å². The molecular formula is C14H9BrClF4N. The lowest BCUT2D eigenvalue weighted by molar-refractivity contribution is -0.140. The Morgan fingerprint density at radius 2 is 1.62 bits per heavy atom. The summed E-state index contributed by atoms with van der Waals surface area (Å²) in [5.74, 6) is -1.32. The van der Waals surface area contributed by atoms with Gasteiger partial charge in [-0.25, -0.2) is 4.39 Å². The molecule has 112 valence electrons. The molecule has 1 nitrogen and oxygen atoms in total. The average Bonchev–Trinajstić information content (AvgIpc) is 2.40. The Morgan fingerprint density at radius 3 is 2.19 bits per heavy atom. The molecule has 0 aliphatic heterocycles. The van der Waals surface area contributed by atoms with E-state index in [9.17, 15) is 17.6 Å². The van der Waals surface area contributed by atoms with E-state index in [1.54, 1.807) is 18.2 Å². The van der Waals surface area contributed by atoms with Crippen LogP contribution in [0.15, 0.2) is 40.9 Å². The van der Waals surface area contributed by atoms with Gasteiger partial charge in [-0.2, -0.15) is 13.2 Å². The lowest BCUT2D eigenvalue weighted by atomic mass is 9.97. The molecule has 2 aromatic carbocycles. The second-order valence-corrected chi connectivity index (χ2v) is 5.65. The fraction of sp³-hybridized carbons (Fsp3) is 0.143. The first-order chi connectivity index (χ1) is 9.70. The molecule has 0 aromatic heterocycles. The van der Waals surface area contributed by atoms with Crippen molar-refractivity contribution in [3.05, 3.63) is 68.4 Å². The van der Waals surface area contributed by atoms with E-state index < -0.39 is 23.6 Å². The van der Waals surface area contributed by atoms with Crippen molar-refractivity contribution in [3.63, 3.8) is 0 Å². The zero-order chi connectivity index (χ0) is 15.8. The van der Waals surface area contributed by atoms with E-state index in [4.69, 9.17) is 17.3 Å². The number of benzene rings is 2. The van der Waals surface area contributed by atoms with Crippen molar-refractivity contribution in [1.82, 2.24) is 0 Å². The third-order valence-corrected chi connectivity index (χ3v) is 4.17. The van der Waals surface area contributed by atoms with E-state index in [-0.39, 0.29) is 5.56 Å². The molecule has 0 saturated heterocycles. The molecule has 1 atom stereocenters. The summed E-state index contributed by atoms with van der Waals surface area (Å²) in [6.45, 7) is 0. The molecule has 7 heteroatoms. The summed E-state index contributed by atoms with van der Waals surface area (Å²) in [5, 5.41) is 0.459. The highest BCUT2D eigenvalue weighted by Crippen LogP contribution is 2.34. The molecule has 0 aliphatic rings. The Balaban J connectivity index is 2.44. The maximum absolute atomic E-state index is 13.3. The van der Waals surface area contributed by atoms with Crippen molar-refractivity contribution in [2.45, 2.75) is 12.2 Å². The van der Waals surface area contributed by atoms with Crippen molar-refractivity contribution in [2.75, 3.05) is 0 Å². The predicted molar refractivity (Wildman–Crippen MR) is 76.6 cm³/mol. The van der Waals surface area contributed by atoms with Gasteiger partial charge in [0, 0.05) is 4.47 Å². The van der Waals surface area contributed by atoms with Crippen LogP contribution in [0.2, 0.25) is 5.02 Å². The minimum atomic E-state index is -4.76. The van der Waals surface area contributed by atoms with E-state index in [1.807, 2.05) is 0 Å². The summed E-state index contributed by atoms with van der Waals surface area (Å²) in [5.41, 5.74) is 5.34. The van der Waals surface area contributed by atoms with Gasteiger partial charge in [0.2, 0.25) is 0 Å². The van der Waals surface area contributed by atoms with Crippen molar-refractivity contribution < 1.29 is 17.6 Å². The number of hydrogen-bond acceptors (Lipinski definition) is 1. The van der Waals surface area contributed by atoms with Gasteiger partial charge in [-0.3, -0.25) is 0 Å². The van der Waals surface area contributed by atoms with Crippen molar-refractivity contribution >= 4 is 27.5 Å². The highest BCUT2D eigenvalue weighted by molar-refractivity contribution is 9.10. The second-order valence-electron chi connectivity index (χ2n) is 4.39. The third-order valence-electron chi connectivity index (χ3n) is 2.96.